The van der Waals surface area contributed by atoms with Gasteiger partial charge >= 0.3 is 0 Å². The minimum atomic E-state index is -0.307. The van der Waals surface area contributed by atoms with E-state index in [0.717, 1.165) is 10.2 Å². The van der Waals surface area contributed by atoms with Crippen molar-refractivity contribution < 1.29 is 4.79 Å². The molecule has 1 aromatic heterocycles. The number of anilines is 2. The lowest BCUT2D eigenvalue weighted by molar-refractivity contribution is -0.115. The Hall–Kier alpha value is -1.67. The zero-order valence-electron chi connectivity index (χ0n) is 11.3. The van der Waals surface area contributed by atoms with Gasteiger partial charge in [-0.15, -0.1) is 0 Å². The van der Waals surface area contributed by atoms with Gasteiger partial charge in [-0.2, -0.15) is 4.98 Å². The summed E-state index contributed by atoms with van der Waals surface area (Å²) in [6, 6.07) is 7.46. The van der Waals surface area contributed by atoms with Gasteiger partial charge in [0.25, 0.3) is 0 Å². The van der Waals surface area contributed by atoms with Crippen molar-refractivity contribution in [2.75, 3.05) is 11.1 Å². The molecule has 21 heavy (non-hydrogen) atoms. The highest BCUT2D eigenvalue weighted by atomic mass is 79.9. The smallest absolute Gasteiger partial charge is 0.237 e. The van der Waals surface area contributed by atoms with Crippen LogP contribution >= 0.6 is 27.7 Å². The summed E-state index contributed by atoms with van der Waals surface area (Å²) in [5.41, 5.74) is 6.25. The number of aromatic nitrogens is 3. The monoisotopic (exact) mass is 367 g/mol. The first-order valence-corrected chi connectivity index (χ1v) is 7.94. The largest absolute Gasteiger partial charge is 0.368 e. The Morgan fingerprint density at radius 2 is 2.19 bits per heavy atom. The van der Waals surface area contributed by atoms with Crippen molar-refractivity contribution in [3.05, 3.63) is 35.1 Å². The maximum absolute atomic E-state index is 12.3. The number of nitrogens with two attached hydrogens (primary N) is 1. The molecule has 8 heteroatoms. The summed E-state index contributed by atoms with van der Waals surface area (Å²) in [6.07, 6.45) is 1.98. The first-order valence-electron chi connectivity index (χ1n) is 6.26. The third kappa shape index (κ3) is 4.40. The van der Waals surface area contributed by atoms with E-state index in [-0.39, 0.29) is 17.1 Å². The SMILES string of the molecule is CCC(Sc1ncnc(N)n1)C(=O)Nc1ccccc1Br. The second-order valence-corrected chi connectivity index (χ2v) is 6.13. The number of benzene rings is 1. The maximum Gasteiger partial charge on any atom is 0.237 e. The van der Waals surface area contributed by atoms with Gasteiger partial charge in [0.2, 0.25) is 11.9 Å². The van der Waals surface area contributed by atoms with E-state index in [9.17, 15) is 4.79 Å². The molecule has 0 fully saturated rings. The summed E-state index contributed by atoms with van der Waals surface area (Å²) in [5, 5.41) is 3.02. The van der Waals surface area contributed by atoms with Crippen LogP contribution in [0.4, 0.5) is 11.6 Å². The number of hydrogen-bond acceptors (Lipinski definition) is 6. The van der Waals surface area contributed by atoms with Gasteiger partial charge in [0.1, 0.15) is 6.33 Å². The second-order valence-electron chi connectivity index (χ2n) is 4.11. The van der Waals surface area contributed by atoms with Crippen LogP contribution < -0.4 is 11.1 Å². The molecular weight excluding hydrogens is 354 g/mol. The summed E-state index contributed by atoms with van der Waals surface area (Å²) in [7, 11) is 0. The van der Waals surface area contributed by atoms with Crippen LogP contribution in [-0.2, 0) is 4.79 Å². The molecule has 1 atom stereocenters. The van der Waals surface area contributed by atoms with Gasteiger partial charge in [0.15, 0.2) is 5.16 Å². The topological polar surface area (TPSA) is 93.8 Å². The van der Waals surface area contributed by atoms with Gasteiger partial charge in [-0.25, -0.2) is 9.97 Å². The number of hydrogen-bond donors (Lipinski definition) is 2. The number of nitrogens with zero attached hydrogens (tertiary/aromatic N) is 3. The summed E-state index contributed by atoms with van der Waals surface area (Å²) in [4.78, 5) is 24.1. The zero-order chi connectivity index (χ0) is 15.2. The van der Waals surface area contributed by atoms with E-state index < -0.39 is 0 Å². The normalized spacial score (nSPS) is 11.9. The Morgan fingerprint density at radius 3 is 2.86 bits per heavy atom. The Balaban J connectivity index is 2.07. The molecule has 0 aliphatic rings. The summed E-state index contributed by atoms with van der Waals surface area (Å²) >= 11 is 4.67. The van der Waals surface area contributed by atoms with Gasteiger partial charge in [0, 0.05) is 4.47 Å². The molecule has 0 bridgehead atoms. The molecule has 1 heterocycles. The molecule has 0 aliphatic carbocycles. The number of nitrogen functional groups attached to an aromatic ring is 1. The highest BCUT2D eigenvalue weighted by Gasteiger charge is 2.20. The molecule has 0 spiro atoms. The van der Waals surface area contributed by atoms with Crippen LogP contribution in [0, 0.1) is 0 Å². The lowest BCUT2D eigenvalue weighted by Gasteiger charge is -2.14. The molecule has 1 aromatic carbocycles. The van der Waals surface area contributed by atoms with E-state index >= 15 is 0 Å². The summed E-state index contributed by atoms with van der Waals surface area (Å²) in [6.45, 7) is 1.93. The van der Waals surface area contributed by atoms with E-state index in [1.54, 1.807) is 0 Å². The molecule has 0 radical (unpaired) electrons. The van der Waals surface area contributed by atoms with Crippen LogP contribution in [0.5, 0.6) is 0 Å². The van der Waals surface area contributed by atoms with Crippen molar-refractivity contribution in [2.24, 2.45) is 0 Å². The van der Waals surface area contributed by atoms with E-state index in [0.29, 0.717) is 11.6 Å². The minimum absolute atomic E-state index is 0.103. The average Bonchev–Trinajstić information content (AvgIpc) is 2.47. The third-order valence-electron chi connectivity index (χ3n) is 2.61. The van der Waals surface area contributed by atoms with Gasteiger partial charge in [-0.1, -0.05) is 30.8 Å². The van der Waals surface area contributed by atoms with Crippen LogP contribution in [0.3, 0.4) is 0 Å². The highest BCUT2D eigenvalue weighted by Crippen LogP contribution is 2.26. The van der Waals surface area contributed by atoms with E-state index in [1.165, 1.54) is 18.1 Å². The second kappa shape index (κ2) is 7.37. The fraction of sp³-hybridized carbons (Fsp3) is 0.231. The average molecular weight is 368 g/mol. The Bertz CT molecular complexity index is 639. The Labute approximate surface area is 135 Å². The Kier molecular flexibility index (Phi) is 5.51. The minimum Gasteiger partial charge on any atom is -0.368 e. The molecule has 0 aliphatic heterocycles. The molecular formula is C13H14BrN5OS. The molecule has 0 saturated heterocycles. The van der Waals surface area contributed by atoms with E-state index in [4.69, 9.17) is 5.73 Å². The van der Waals surface area contributed by atoms with Gasteiger partial charge in [-0.05, 0) is 34.5 Å². The number of halogens is 1. The van der Waals surface area contributed by atoms with Crippen LogP contribution in [-0.4, -0.2) is 26.1 Å². The Morgan fingerprint density at radius 1 is 1.43 bits per heavy atom. The van der Waals surface area contributed by atoms with Crippen molar-refractivity contribution in [1.29, 1.82) is 0 Å². The van der Waals surface area contributed by atoms with Gasteiger partial charge < -0.3 is 11.1 Å². The summed E-state index contributed by atoms with van der Waals surface area (Å²) < 4.78 is 0.836. The molecule has 1 unspecified atom stereocenters. The van der Waals surface area contributed by atoms with Crippen LogP contribution in [0.1, 0.15) is 13.3 Å². The first kappa shape index (κ1) is 15.7. The van der Waals surface area contributed by atoms with Crippen LogP contribution in [0.25, 0.3) is 0 Å². The van der Waals surface area contributed by atoms with Gasteiger partial charge in [-0.3, -0.25) is 4.79 Å². The molecule has 3 N–H and O–H groups in total. The standard InChI is InChI=1S/C13H14BrN5OS/c1-2-10(21-13-17-7-16-12(15)19-13)11(20)18-9-6-4-3-5-8(9)14/h3-7,10H,2H2,1H3,(H,18,20)(H2,15,16,17,19). The quantitative estimate of drug-likeness (QED) is 0.789. The van der Waals surface area contributed by atoms with Crippen molar-refractivity contribution in [1.82, 2.24) is 15.0 Å². The molecule has 1 amide bonds. The summed E-state index contributed by atoms with van der Waals surface area (Å²) in [5.74, 6) is 0.0435. The molecule has 0 saturated carbocycles. The van der Waals surface area contributed by atoms with Crippen molar-refractivity contribution in [2.45, 2.75) is 23.8 Å². The number of nitrogens with one attached hydrogen (secondary N) is 1. The molecule has 2 rings (SSSR count). The fourth-order valence-corrected chi connectivity index (χ4v) is 2.80. The van der Waals surface area contributed by atoms with Crippen molar-refractivity contribution in [3.63, 3.8) is 0 Å². The van der Waals surface area contributed by atoms with Crippen molar-refractivity contribution >= 4 is 45.2 Å². The molecule has 110 valence electrons. The predicted molar refractivity (Wildman–Crippen MR) is 86.9 cm³/mol. The van der Waals surface area contributed by atoms with Crippen LogP contribution in [0.15, 0.2) is 40.2 Å². The number of carbonyl (C=O) groups is 1. The third-order valence-corrected chi connectivity index (χ3v) is 4.54. The lowest BCUT2D eigenvalue weighted by Crippen LogP contribution is -2.25. The number of para-hydroxylation sites is 1. The predicted octanol–water partition coefficient (Wildman–Crippen LogP) is 2.73. The first-order chi connectivity index (χ1) is 10.1. The number of amides is 1. The molecule has 6 nitrogen and oxygen atoms in total. The number of carbonyl (C=O) groups excluding carboxylic acids is 1. The van der Waals surface area contributed by atoms with Gasteiger partial charge in [0.05, 0.1) is 10.9 Å². The highest BCUT2D eigenvalue weighted by molar-refractivity contribution is 9.10. The van der Waals surface area contributed by atoms with E-state index in [1.807, 2.05) is 31.2 Å². The number of thioether (sulfide) groups is 1. The zero-order valence-corrected chi connectivity index (χ0v) is 13.7. The van der Waals surface area contributed by atoms with E-state index in [2.05, 4.69) is 36.2 Å². The molecule has 2 aromatic rings. The van der Waals surface area contributed by atoms with Crippen LogP contribution in [0.2, 0.25) is 0 Å². The van der Waals surface area contributed by atoms with Crippen molar-refractivity contribution in [3.8, 4) is 0 Å². The fourth-order valence-electron chi connectivity index (χ4n) is 1.58. The number of rotatable bonds is 5. The maximum atomic E-state index is 12.3. The lowest BCUT2D eigenvalue weighted by atomic mass is 10.3.